The number of furan rings is 1. The molecular formula is C26H30N4O4. The van der Waals surface area contributed by atoms with Crippen molar-refractivity contribution in [2.75, 3.05) is 35.6 Å². The molecule has 0 atom stereocenters. The zero-order valence-corrected chi connectivity index (χ0v) is 19.5. The molecule has 0 radical (unpaired) electrons. The summed E-state index contributed by atoms with van der Waals surface area (Å²) in [6.45, 7) is 5.64. The van der Waals surface area contributed by atoms with Gasteiger partial charge >= 0.3 is 0 Å². The second kappa shape index (κ2) is 12.2. The fourth-order valence-corrected chi connectivity index (χ4v) is 3.43. The maximum absolute atomic E-state index is 12.7. The van der Waals surface area contributed by atoms with Crippen LogP contribution in [-0.4, -0.2) is 42.3 Å². The lowest BCUT2D eigenvalue weighted by Crippen LogP contribution is -2.32. The van der Waals surface area contributed by atoms with E-state index in [1.807, 2.05) is 4.90 Å². The van der Waals surface area contributed by atoms with Crippen molar-refractivity contribution in [2.45, 2.75) is 26.7 Å². The van der Waals surface area contributed by atoms with Gasteiger partial charge in [0.05, 0.1) is 12.8 Å². The lowest BCUT2D eigenvalue weighted by Gasteiger charge is -2.21. The number of benzene rings is 2. The molecule has 178 valence electrons. The van der Waals surface area contributed by atoms with Gasteiger partial charge in [0.2, 0.25) is 5.91 Å². The van der Waals surface area contributed by atoms with Crippen molar-refractivity contribution in [1.82, 2.24) is 4.90 Å². The van der Waals surface area contributed by atoms with Gasteiger partial charge in [0.15, 0.2) is 5.76 Å². The Hall–Kier alpha value is -4.07. The smallest absolute Gasteiger partial charge is 0.291 e. The average molecular weight is 463 g/mol. The van der Waals surface area contributed by atoms with Crippen LogP contribution < -0.4 is 16.0 Å². The zero-order chi connectivity index (χ0) is 24.3. The van der Waals surface area contributed by atoms with E-state index < -0.39 is 0 Å². The monoisotopic (exact) mass is 462 g/mol. The molecule has 8 nitrogen and oxygen atoms in total. The molecule has 0 saturated heterocycles. The van der Waals surface area contributed by atoms with E-state index in [2.05, 4.69) is 29.8 Å². The molecule has 3 amide bonds. The number of hydrogen-bond donors (Lipinski definition) is 3. The van der Waals surface area contributed by atoms with Crippen LogP contribution in [0.2, 0.25) is 0 Å². The molecule has 0 saturated carbocycles. The third kappa shape index (κ3) is 6.96. The minimum absolute atomic E-state index is 0.0204. The Labute approximate surface area is 199 Å². The Kier molecular flexibility index (Phi) is 8.85. The van der Waals surface area contributed by atoms with Crippen molar-refractivity contribution in [2.24, 2.45) is 0 Å². The summed E-state index contributed by atoms with van der Waals surface area (Å²) in [6, 6.07) is 17.2. The summed E-state index contributed by atoms with van der Waals surface area (Å²) in [5.41, 5.74) is 2.46. The molecule has 34 heavy (non-hydrogen) atoms. The number of carbonyl (C=O) groups excluding carboxylic acids is 3. The normalized spacial score (nSPS) is 10.4. The van der Waals surface area contributed by atoms with Crippen molar-refractivity contribution in [1.29, 1.82) is 0 Å². The van der Waals surface area contributed by atoms with Gasteiger partial charge in [-0.25, -0.2) is 0 Å². The van der Waals surface area contributed by atoms with Crippen LogP contribution in [0.25, 0.3) is 0 Å². The SMILES string of the molecule is CCCN(CCC)C(=O)c1ccc(NCC(=O)Nc2cccc(NC(=O)c3ccco3)c2)cc1. The number of carbonyl (C=O) groups is 3. The second-order valence-corrected chi connectivity index (χ2v) is 7.78. The van der Waals surface area contributed by atoms with Gasteiger partial charge in [-0.05, 0) is 67.4 Å². The van der Waals surface area contributed by atoms with Gasteiger partial charge in [0, 0.05) is 35.7 Å². The quantitative estimate of drug-likeness (QED) is 0.378. The molecular weight excluding hydrogens is 432 g/mol. The molecule has 0 spiro atoms. The molecule has 3 aromatic rings. The molecule has 8 heteroatoms. The molecule has 0 fully saturated rings. The van der Waals surface area contributed by atoms with Gasteiger partial charge in [0.1, 0.15) is 0 Å². The fourth-order valence-electron chi connectivity index (χ4n) is 3.43. The van der Waals surface area contributed by atoms with Crippen LogP contribution >= 0.6 is 0 Å². The zero-order valence-electron chi connectivity index (χ0n) is 19.5. The Bertz CT molecular complexity index is 1090. The summed E-state index contributed by atoms with van der Waals surface area (Å²) in [5.74, 6) is -0.391. The largest absolute Gasteiger partial charge is 0.459 e. The molecule has 3 N–H and O–H groups in total. The number of hydrogen-bond acceptors (Lipinski definition) is 5. The summed E-state index contributed by atoms with van der Waals surface area (Å²) in [5, 5.41) is 8.58. The third-order valence-electron chi connectivity index (χ3n) is 5.01. The Morgan fingerprint density at radius 2 is 1.50 bits per heavy atom. The summed E-state index contributed by atoms with van der Waals surface area (Å²) in [7, 11) is 0. The van der Waals surface area contributed by atoms with Crippen LogP contribution in [-0.2, 0) is 4.79 Å². The molecule has 1 heterocycles. The first-order valence-corrected chi connectivity index (χ1v) is 11.4. The molecule has 1 aromatic heterocycles. The van der Waals surface area contributed by atoms with E-state index in [0.717, 1.165) is 31.6 Å². The average Bonchev–Trinajstić information content (AvgIpc) is 3.38. The van der Waals surface area contributed by atoms with Crippen molar-refractivity contribution >= 4 is 34.8 Å². The minimum Gasteiger partial charge on any atom is -0.459 e. The summed E-state index contributed by atoms with van der Waals surface area (Å²) >= 11 is 0. The predicted octanol–water partition coefficient (Wildman–Crippen LogP) is 4.84. The van der Waals surface area contributed by atoms with Gasteiger partial charge in [-0.15, -0.1) is 0 Å². The van der Waals surface area contributed by atoms with Crippen LogP contribution in [0.1, 0.15) is 47.6 Å². The topological polar surface area (TPSA) is 104 Å². The molecule has 0 bridgehead atoms. The van der Waals surface area contributed by atoms with E-state index in [4.69, 9.17) is 4.42 Å². The van der Waals surface area contributed by atoms with Crippen molar-refractivity contribution in [3.05, 3.63) is 78.3 Å². The first-order valence-electron chi connectivity index (χ1n) is 11.4. The summed E-state index contributed by atoms with van der Waals surface area (Å²) in [4.78, 5) is 39.0. The van der Waals surface area contributed by atoms with E-state index in [-0.39, 0.29) is 30.0 Å². The van der Waals surface area contributed by atoms with Gasteiger partial charge in [-0.1, -0.05) is 19.9 Å². The molecule has 0 aliphatic rings. The highest BCUT2D eigenvalue weighted by atomic mass is 16.3. The van der Waals surface area contributed by atoms with Crippen LogP contribution in [0.3, 0.4) is 0 Å². The molecule has 0 aliphatic heterocycles. The highest BCUT2D eigenvalue weighted by Gasteiger charge is 2.14. The van der Waals surface area contributed by atoms with E-state index in [1.54, 1.807) is 60.7 Å². The molecule has 2 aromatic carbocycles. The van der Waals surface area contributed by atoms with E-state index in [1.165, 1.54) is 6.26 Å². The number of amides is 3. The first kappa shape index (κ1) is 24.6. The lowest BCUT2D eigenvalue weighted by molar-refractivity contribution is -0.114. The Morgan fingerprint density at radius 3 is 2.12 bits per heavy atom. The van der Waals surface area contributed by atoms with Crippen molar-refractivity contribution in [3.63, 3.8) is 0 Å². The Morgan fingerprint density at radius 1 is 0.824 bits per heavy atom. The van der Waals surface area contributed by atoms with Crippen molar-refractivity contribution < 1.29 is 18.8 Å². The standard InChI is InChI=1S/C26H30N4O4/c1-3-14-30(15-4-2)26(33)19-10-12-20(13-11-19)27-18-24(31)28-21-7-5-8-22(17-21)29-25(32)23-9-6-16-34-23/h5-13,16-17,27H,3-4,14-15,18H2,1-2H3,(H,28,31)(H,29,32). The Balaban J connectivity index is 1.51. The maximum Gasteiger partial charge on any atom is 0.291 e. The maximum atomic E-state index is 12.7. The molecule has 0 unspecified atom stereocenters. The highest BCUT2D eigenvalue weighted by molar-refractivity contribution is 6.03. The van der Waals surface area contributed by atoms with Crippen LogP contribution in [0.4, 0.5) is 17.1 Å². The van der Waals surface area contributed by atoms with E-state index in [0.29, 0.717) is 16.9 Å². The summed E-state index contributed by atoms with van der Waals surface area (Å²) < 4.78 is 5.08. The first-order chi connectivity index (χ1) is 16.5. The number of nitrogens with one attached hydrogen (secondary N) is 3. The predicted molar refractivity (Wildman–Crippen MR) is 133 cm³/mol. The summed E-state index contributed by atoms with van der Waals surface area (Å²) in [6.07, 6.45) is 3.26. The number of rotatable bonds is 11. The highest BCUT2D eigenvalue weighted by Crippen LogP contribution is 2.17. The van der Waals surface area contributed by atoms with Crippen LogP contribution in [0, 0.1) is 0 Å². The van der Waals surface area contributed by atoms with E-state index >= 15 is 0 Å². The minimum atomic E-state index is -0.371. The number of nitrogens with zero attached hydrogens (tertiary/aromatic N) is 1. The molecule has 3 rings (SSSR count). The number of anilines is 3. The fraction of sp³-hybridized carbons (Fsp3) is 0.269. The second-order valence-electron chi connectivity index (χ2n) is 7.78. The third-order valence-corrected chi connectivity index (χ3v) is 5.01. The van der Waals surface area contributed by atoms with Crippen LogP contribution in [0.5, 0.6) is 0 Å². The van der Waals surface area contributed by atoms with Crippen molar-refractivity contribution in [3.8, 4) is 0 Å². The van der Waals surface area contributed by atoms with E-state index in [9.17, 15) is 14.4 Å². The van der Waals surface area contributed by atoms with Crippen LogP contribution in [0.15, 0.2) is 71.3 Å². The lowest BCUT2D eigenvalue weighted by atomic mass is 10.1. The molecule has 0 aliphatic carbocycles. The van der Waals surface area contributed by atoms with Gasteiger partial charge < -0.3 is 25.3 Å². The van der Waals surface area contributed by atoms with Gasteiger partial charge in [-0.3, -0.25) is 14.4 Å². The van der Waals surface area contributed by atoms with Gasteiger partial charge in [0.25, 0.3) is 11.8 Å². The van der Waals surface area contributed by atoms with Gasteiger partial charge in [-0.2, -0.15) is 0 Å².